The Hall–Kier alpha value is -1.07. The number of imidazole rings is 1. The molecule has 1 aromatic heterocycles. The molecule has 1 aliphatic rings. The number of aryl methyl sites for hydroxylation is 1. The molecule has 5 heteroatoms. The topological polar surface area (TPSA) is 48.3 Å². The van der Waals surface area contributed by atoms with E-state index in [1.165, 1.54) is 6.42 Å². The minimum absolute atomic E-state index is 0.421. The highest BCUT2D eigenvalue weighted by Crippen LogP contribution is 2.23. The molecule has 5 nitrogen and oxygen atoms in total. The molecule has 0 bridgehead atoms. The third-order valence-electron chi connectivity index (χ3n) is 3.19. The van der Waals surface area contributed by atoms with Crippen LogP contribution in [0.3, 0.4) is 0 Å². The van der Waals surface area contributed by atoms with Gasteiger partial charge < -0.3 is 19.4 Å². The van der Waals surface area contributed by atoms with Crippen LogP contribution in [0.5, 0.6) is 0 Å². The summed E-state index contributed by atoms with van der Waals surface area (Å²) in [6.45, 7) is 5.38. The highest BCUT2D eigenvalue weighted by Gasteiger charge is 2.19. The van der Waals surface area contributed by atoms with Gasteiger partial charge in [0.15, 0.2) is 0 Å². The highest BCUT2D eigenvalue weighted by atomic mass is 16.5. The van der Waals surface area contributed by atoms with Crippen LogP contribution in [0, 0.1) is 6.92 Å². The Balaban J connectivity index is 1.95. The Kier molecular flexibility index (Phi) is 5.01. The zero-order valence-electron chi connectivity index (χ0n) is 11.3. The van der Waals surface area contributed by atoms with Gasteiger partial charge in [-0.05, 0) is 26.2 Å². The van der Waals surface area contributed by atoms with Gasteiger partial charge in [0.1, 0.15) is 0 Å². The molecule has 0 aliphatic carbocycles. The quantitative estimate of drug-likeness (QED) is 0.788. The molecule has 1 atom stereocenters. The van der Waals surface area contributed by atoms with Crippen molar-refractivity contribution in [1.82, 2.24) is 9.55 Å². The first kappa shape index (κ1) is 13.4. The fraction of sp³-hybridized carbons (Fsp3) is 0.769. The van der Waals surface area contributed by atoms with E-state index in [-0.39, 0.29) is 0 Å². The van der Waals surface area contributed by atoms with Crippen LogP contribution in [0.15, 0.2) is 6.20 Å². The van der Waals surface area contributed by atoms with Crippen molar-refractivity contribution in [2.24, 2.45) is 0 Å². The summed E-state index contributed by atoms with van der Waals surface area (Å²) in [6, 6.07) is 0.421. The van der Waals surface area contributed by atoms with Crippen molar-refractivity contribution in [3.63, 3.8) is 0 Å². The molecule has 1 unspecified atom stereocenters. The van der Waals surface area contributed by atoms with E-state index in [1.54, 1.807) is 7.11 Å². The fourth-order valence-electron chi connectivity index (χ4n) is 2.29. The van der Waals surface area contributed by atoms with Gasteiger partial charge in [-0.2, -0.15) is 0 Å². The Morgan fingerprint density at radius 3 is 3.22 bits per heavy atom. The van der Waals surface area contributed by atoms with E-state index in [0.717, 1.165) is 50.8 Å². The molecule has 0 radical (unpaired) electrons. The van der Waals surface area contributed by atoms with E-state index in [4.69, 9.17) is 9.47 Å². The average Bonchev–Trinajstić information content (AvgIpc) is 2.77. The van der Waals surface area contributed by atoms with Crippen LogP contribution in [0.1, 0.15) is 31.0 Å². The van der Waals surface area contributed by atoms with E-state index in [2.05, 4.69) is 21.1 Å². The minimum Gasteiger partial charge on any atom is -0.385 e. The highest BCUT2D eigenvalue weighted by molar-refractivity contribution is 5.29. The van der Waals surface area contributed by atoms with Crippen LogP contribution in [-0.2, 0) is 9.47 Å². The van der Waals surface area contributed by atoms with Gasteiger partial charge in [0.2, 0.25) is 5.95 Å². The Morgan fingerprint density at radius 1 is 1.61 bits per heavy atom. The predicted octanol–water partition coefficient (Wildman–Crippen LogP) is 1.99. The van der Waals surface area contributed by atoms with Crippen LogP contribution in [0.25, 0.3) is 0 Å². The predicted molar refractivity (Wildman–Crippen MR) is 71.0 cm³/mol. The summed E-state index contributed by atoms with van der Waals surface area (Å²) in [4.78, 5) is 4.54. The monoisotopic (exact) mass is 253 g/mol. The van der Waals surface area contributed by atoms with Crippen molar-refractivity contribution in [1.29, 1.82) is 0 Å². The third kappa shape index (κ3) is 3.46. The molecule has 2 heterocycles. The number of nitrogens with one attached hydrogen (secondary N) is 1. The molecule has 1 aromatic rings. The SMILES string of the molecule is COCCCNc1nc(C)cn1C1CCCOC1. The van der Waals surface area contributed by atoms with Gasteiger partial charge in [-0.25, -0.2) is 4.98 Å². The number of methoxy groups -OCH3 is 1. The summed E-state index contributed by atoms with van der Waals surface area (Å²) in [5.74, 6) is 0.958. The first-order chi connectivity index (χ1) is 8.81. The zero-order valence-corrected chi connectivity index (χ0v) is 11.3. The lowest BCUT2D eigenvalue weighted by atomic mass is 10.1. The molecule has 1 N–H and O–H groups in total. The molecule has 102 valence electrons. The van der Waals surface area contributed by atoms with Crippen molar-refractivity contribution < 1.29 is 9.47 Å². The van der Waals surface area contributed by atoms with Crippen LogP contribution in [0.2, 0.25) is 0 Å². The van der Waals surface area contributed by atoms with Crippen LogP contribution in [-0.4, -0.2) is 43.0 Å². The lowest BCUT2D eigenvalue weighted by Crippen LogP contribution is -2.22. The number of nitrogens with zero attached hydrogens (tertiary/aromatic N) is 2. The van der Waals surface area contributed by atoms with Crippen molar-refractivity contribution in [3.05, 3.63) is 11.9 Å². The second-order valence-electron chi connectivity index (χ2n) is 4.76. The number of anilines is 1. The van der Waals surface area contributed by atoms with Gasteiger partial charge in [0, 0.05) is 33.1 Å². The summed E-state index contributed by atoms with van der Waals surface area (Å²) >= 11 is 0. The second-order valence-corrected chi connectivity index (χ2v) is 4.76. The molecule has 2 rings (SSSR count). The standard InChI is InChI=1S/C13H23N3O2/c1-11-9-16(12-5-3-8-18-10-12)13(15-11)14-6-4-7-17-2/h9,12H,3-8,10H2,1-2H3,(H,14,15). The fourth-order valence-corrected chi connectivity index (χ4v) is 2.29. The lowest BCUT2D eigenvalue weighted by molar-refractivity contribution is 0.0598. The van der Waals surface area contributed by atoms with E-state index >= 15 is 0 Å². The van der Waals surface area contributed by atoms with Crippen molar-refractivity contribution in [2.75, 3.05) is 38.8 Å². The molecular formula is C13H23N3O2. The Bertz CT molecular complexity index is 359. The van der Waals surface area contributed by atoms with Gasteiger partial charge in [-0.3, -0.25) is 0 Å². The Morgan fingerprint density at radius 2 is 2.50 bits per heavy atom. The molecule has 1 fully saturated rings. The summed E-state index contributed by atoms with van der Waals surface area (Å²) in [6.07, 6.45) is 5.40. The molecule has 0 aromatic carbocycles. The van der Waals surface area contributed by atoms with Gasteiger partial charge in [0.05, 0.1) is 18.3 Å². The van der Waals surface area contributed by atoms with Crippen LogP contribution < -0.4 is 5.32 Å². The van der Waals surface area contributed by atoms with Crippen molar-refractivity contribution >= 4 is 5.95 Å². The summed E-state index contributed by atoms with van der Waals surface area (Å²) in [5.41, 5.74) is 1.05. The lowest BCUT2D eigenvalue weighted by Gasteiger charge is -2.25. The minimum atomic E-state index is 0.421. The number of rotatable bonds is 6. The maximum Gasteiger partial charge on any atom is 0.203 e. The molecule has 1 saturated heterocycles. The molecule has 1 aliphatic heterocycles. The van der Waals surface area contributed by atoms with Crippen LogP contribution >= 0.6 is 0 Å². The maximum absolute atomic E-state index is 5.55. The maximum atomic E-state index is 5.55. The Labute approximate surface area is 108 Å². The number of aromatic nitrogens is 2. The number of ether oxygens (including phenoxy) is 2. The summed E-state index contributed by atoms with van der Waals surface area (Å²) in [5, 5.41) is 3.38. The van der Waals surface area contributed by atoms with E-state index in [1.807, 2.05) is 6.92 Å². The number of hydrogen-bond donors (Lipinski definition) is 1. The van der Waals surface area contributed by atoms with E-state index < -0.39 is 0 Å². The molecule has 0 saturated carbocycles. The summed E-state index contributed by atoms with van der Waals surface area (Å²) < 4.78 is 12.8. The summed E-state index contributed by atoms with van der Waals surface area (Å²) in [7, 11) is 1.73. The molecular weight excluding hydrogens is 230 g/mol. The molecule has 0 spiro atoms. The average molecular weight is 253 g/mol. The second kappa shape index (κ2) is 6.75. The molecule has 18 heavy (non-hydrogen) atoms. The van der Waals surface area contributed by atoms with E-state index in [0.29, 0.717) is 6.04 Å². The first-order valence-corrected chi connectivity index (χ1v) is 6.67. The third-order valence-corrected chi connectivity index (χ3v) is 3.19. The van der Waals surface area contributed by atoms with Crippen LogP contribution in [0.4, 0.5) is 5.95 Å². The van der Waals surface area contributed by atoms with Crippen molar-refractivity contribution in [2.45, 2.75) is 32.2 Å². The zero-order chi connectivity index (χ0) is 12.8. The number of hydrogen-bond acceptors (Lipinski definition) is 4. The van der Waals surface area contributed by atoms with E-state index in [9.17, 15) is 0 Å². The van der Waals surface area contributed by atoms with Gasteiger partial charge in [-0.1, -0.05) is 0 Å². The van der Waals surface area contributed by atoms with Gasteiger partial charge >= 0.3 is 0 Å². The van der Waals surface area contributed by atoms with Gasteiger partial charge in [0.25, 0.3) is 0 Å². The first-order valence-electron chi connectivity index (χ1n) is 6.67. The van der Waals surface area contributed by atoms with Crippen molar-refractivity contribution in [3.8, 4) is 0 Å². The molecule has 0 amide bonds. The normalized spacial score (nSPS) is 20.0. The largest absolute Gasteiger partial charge is 0.385 e. The van der Waals surface area contributed by atoms with Gasteiger partial charge in [-0.15, -0.1) is 0 Å². The smallest absolute Gasteiger partial charge is 0.203 e.